The van der Waals surface area contributed by atoms with Crippen LogP contribution in [-0.4, -0.2) is 7.11 Å². The van der Waals surface area contributed by atoms with Crippen molar-refractivity contribution >= 4 is 0 Å². The van der Waals surface area contributed by atoms with Gasteiger partial charge >= 0.3 is 0 Å². The summed E-state index contributed by atoms with van der Waals surface area (Å²) in [6.45, 7) is 10.2. The van der Waals surface area contributed by atoms with Crippen molar-refractivity contribution in [1.82, 2.24) is 0 Å². The highest BCUT2D eigenvalue weighted by atomic mass is 16.5. The van der Waals surface area contributed by atoms with Gasteiger partial charge in [0, 0.05) is 0 Å². The maximum atomic E-state index is 5.11. The van der Waals surface area contributed by atoms with Crippen molar-refractivity contribution in [2.45, 2.75) is 41.0 Å². The molecule has 0 bridgehead atoms. The fraction of sp³-hybridized carbons (Fsp3) is 0.636. The summed E-state index contributed by atoms with van der Waals surface area (Å²) in [4.78, 5) is 0. The molecule has 0 spiro atoms. The SMILES string of the molecule is CC.CC/C=C\C(OC)=C(C)C. The van der Waals surface area contributed by atoms with E-state index in [4.69, 9.17) is 4.74 Å². The highest BCUT2D eigenvalue weighted by molar-refractivity contribution is 5.16. The molecule has 1 heteroatoms. The van der Waals surface area contributed by atoms with Crippen molar-refractivity contribution in [2.75, 3.05) is 7.11 Å². The predicted molar refractivity (Wildman–Crippen MR) is 56.2 cm³/mol. The number of rotatable bonds is 3. The fourth-order valence-corrected chi connectivity index (χ4v) is 0.664. The van der Waals surface area contributed by atoms with Gasteiger partial charge in [-0.3, -0.25) is 0 Å². The lowest BCUT2D eigenvalue weighted by atomic mass is 10.2. The maximum absolute atomic E-state index is 5.11. The Morgan fingerprint density at radius 3 is 2.00 bits per heavy atom. The van der Waals surface area contributed by atoms with Crippen LogP contribution >= 0.6 is 0 Å². The van der Waals surface area contributed by atoms with E-state index in [-0.39, 0.29) is 0 Å². The second kappa shape index (κ2) is 10.3. The van der Waals surface area contributed by atoms with Gasteiger partial charge in [-0.15, -0.1) is 0 Å². The molecular weight excluding hydrogens is 148 g/mol. The van der Waals surface area contributed by atoms with Crippen molar-refractivity contribution < 1.29 is 4.74 Å². The topological polar surface area (TPSA) is 9.23 Å². The van der Waals surface area contributed by atoms with Gasteiger partial charge < -0.3 is 4.74 Å². The van der Waals surface area contributed by atoms with Crippen LogP contribution in [0.5, 0.6) is 0 Å². The second-order valence-corrected chi connectivity index (χ2v) is 2.38. The zero-order valence-electron chi connectivity index (χ0n) is 9.27. The molecule has 0 N–H and O–H groups in total. The Labute approximate surface area is 77.1 Å². The molecule has 1 nitrogen and oxygen atoms in total. The summed E-state index contributed by atoms with van der Waals surface area (Å²) in [6.07, 6.45) is 5.15. The molecule has 72 valence electrons. The van der Waals surface area contributed by atoms with Crippen molar-refractivity contribution in [3.05, 3.63) is 23.5 Å². The lowest BCUT2D eigenvalue weighted by Gasteiger charge is -2.01. The Morgan fingerprint density at radius 1 is 1.25 bits per heavy atom. The van der Waals surface area contributed by atoms with Gasteiger partial charge in [-0.25, -0.2) is 0 Å². The first-order valence-corrected chi connectivity index (χ1v) is 4.60. The van der Waals surface area contributed by atoms with Crippen LogP contribution in [0.15, 0.2) is 23.5 Å². The van der Waals surface area contributed by atoms with Crippen molar-refractivity contribution in [3.8, 4) is 0 Å². The van der Waals surface area contributed by atoms with Crippen molar-refractivity contribution in [1.29, 1.82) is 0 Å². The first-order chi connectivity index (χ1) is 5.72. The number of allylic oxidation sites excluding steroid dienone is 3. The van der Waals surface area contributed by atoms with E-state index >= 15 is 0 Å². The fourth-order valence-electron chi connectivity index (χ4n) is 0.664. The van der Waals surface area contributed by atoms with Crippen LogP contribution in [0.4, 0.5) is 0 Å². The largest absolute Gasteiger partial charge is 0.497 e. The molecule has 0 aliphatic heterocycles. The van der Waals surface area contributed by atoms with Gasteiger partial charge in [0.25, 0.3) is 0 Å². The van der Waals surface area contributed by atoms with E-state index in [1.54, 1.807) is 7.11 Å². The molecule has 0 saturated carbocycles. The first kappa shape index (κ1) is 13.8. The molecular formula is C11H22O. The Hall–Kier alpha value is -0.720. The lowest BCUT2D eigenvalue weighted by Crippen LogP contribution is -1.84. The van der Waals surface area contributed by atoms with Gasteiger partial charge in [0.1, 0.15) is 5.76 Å². The molecule has 0 aromatic rings. The summed E-state index contributed by atoms with van der Waals surface area (Å²) in [6, 6.07) is 0. The number of hydrogen-bond donors (Lipinski definition) is 0. The van der Waals surface area contributed by atoms with Crippen molar-refractivity contribution in [3.63, 3.8) is 0 Å². The summed E-state index contributed by atoms with van der Waals surface area (Å²) < 4.78 is 5.11. The highest BCUT2D eigenvalue weighted by Gasteiger charge is 1.89. The Bertz CT molecular complexity index is 139. The molecule has 0 unspecified atom stereocenters. The first-order valence-electron chi connectivity index (χ1n) is 4.60. The van der Waals surface area contributed by atoms with E-state index in [2.05, 4.69) is 13.0 Å². The molecule has 0 amide bonds. The van der Waals surface area contributed by atoms with Crippen molar-refractivity contribution in [2.24, 2.45) is 0 Å². The van der Waals surface area contributed by atoms with E-state index in [1.165, 1.54) is 5.57 Å². The Balaban J connectivity index is 0. The van der Waals surface area contributed by atoms with Crippen LogP contribution in [0.25, 0.3) is 0 Å². The molecule has 0 atom stereocenters. The van der Waals surface area contributed by atoms with Crippen LogP contribution in [0.3, 0.4) is 0 Å². The summed E-state index contributed by atoms with van der Waals surface area (Å²) in [5.74, 6) is 0.974. The second-order valence-electron chi connectivity index (χ2n) is 2.38. The van der Waals surface area contributed by atoms with Crippen LogP contribution in [0.1, 0.15) is 41.0 Å². The molecule has 0 aromatic carbocycles. The number of hydrogen-bond acceptors (Lipinski definition) is 1. The molecule has 0 aromatic heterocycles. The molecule has 12 heavy (non-hydrogen) atoms. The maximum Gasteiger partial charge on any atom is 0.117 e. The molecule has 0 aliphatic rings. The zero-order chi connectivity index (χ0) is 9.98. The van der Waals surface area contributed by atoms with E-state index in [0.29, 0.717) is 0 Å². The Morgan fingerprint density at radius 2 is 1.75 bits per heavy atom. The van der Waals surface area contributed by atoms with Crippen LogP contribution in [-0.2, 0) is 4.74 Å². The summed E-state index contributed by atoms with van der Waals surface area (Å²) in [5, 5.41) is 0. The smallest absolute Gasteiger partial charge is 0.117 e. The van der Waals surface area contributed by atoms with Gasteiger partial charge in [0.05, 0.1) is 7.11 Å². The molecule has 0 aliphatic carbocycles. The average molecular weight is 170 g/mol. The summed E-state index contributed by atoms with van der Waals surface area (Å²) in [5.41, 5.74) is 1.22. The van der Waals surface area contributed by atoms with Gasteiger partial charge in [-0.05, 0) is 31.9 Å². The monoisotopic (exact) mass is 170 g/mol. The number of ether oxygens (including phenoxy) is 1. The minimum absolute atomic E-state index is 0.974. The third-order valence-electron chi connectivity index (χ3n) is 1.22. The Kier molecular flexibility index (Phi) is 11.9. The molecule has 0 rings (SSSR count). The van der Waals surface area contributed by atoms with E-state index in [0.717, 1.165) is 12.2 Å². The summed E-state index contributed by atoms with van der Waals surface area (Å²) >= 11 is 0. The average Bonchev–Trinajstić information content (AvgIpc) is 2.09. The third kappa shape index (κ3) is 7.39. The molecule has 0 fully saturated rings. The van der Waals surface area contributed by atoms with E-state index < -0.39 is 0 Å². The van der Waals surface area contributed by atoms with Crippen LogP contribution in [0.2, 0.25) is 0 Å². The highest BCUT2D eigenvalue weighted by Crippen LogP contribution is 2.05. The molecule has 0 heterocycles. The number of methoxy groups -OCH3 is 1. The normalized spacial score (nSPS) is 8.83. The quantitative estimate of drug-likeness (QED) is 0.461. The van der Waals surface area contributed by atoms with Gasteiger partial charge in [0.15, 0.2) is 0 Å². The summed E-state index contributed by atoms with van der Waals surface area (Å²) in [7, 11) is 1.70. The zero-order valence-corrected chi connectivity index (χ0v) is 9.27. The van der Waals surface area contributed by atoms with Crippen LogP contribution in [0, 0.1) is 0 Å². The minimum Gasteiger partial charge on any atom is -0.497 e. The minimum atomic E-state index is 0.974. The molecule has 0 saturated heterocycles. The van der Waals surface area contributed by atoms with Crippen LogP contribution < -0.4 is 0 Å². The van der Waals surface area contributed by atoms with Gasteiger partial charge in [-0.2, -0.15) is 0 Å². The van der Waals surface area contributed by atoms with Gasteiger partial charge in [0.2, 0.25) is 0 Å². The van der Waals surface area contributed by atoms with E-state index in [1.807, 2.05) is 33.8 Å². The lowest BCUT2D eigenvalue weighted by molar-refractivity contribution is 0.302. The third-order valence-corrected chi connectivity index (χ3v) is 1.22. The standard InChI is InChI=1S/C9H16O.C2H6/c1-5-6-7-9(10-4)8(2)3;1-2/h6-7H,5H2,1-4H3;1-2H3/b7-6-;. The van der Waals surface area contributed by atoms with Gasteiger partial charge in [-0.1, -0.05) is 26.8 Å². The van der Waals surface area contributed by atoms with E-state index in [9.17, 15) is 0 Å². The molecule has 0 radical (unpaired) electrons. The predicted octanol–water partition coefficient (Wildman–Crippen LogP) is 3.92.